The molecular weight excluding hydrogens is 377 g/mol. The van der Waals surface area contributed by atoms with Gasteiger partial charge >= 0.3 is 6.18 Å². The van der Waals surface area contributed by atoms with Crippen molar-refractivity contribution in [2.75, 3.05) is 0 Å². The highest BCUT2D eigenvalue weighted by atomic mass is 127. The van der Waals surface area contributed by atoms with Crippen LogP contribution in [0.3, 0.4) is 0 Å². The van der Waals surface area contributed by atoms with Crippen molar-refractivity contribution in [2.45, 2.75) is 6.18 Å². The van der Waals surface area contributed by atoms with Gasteiger partial charge in [0.05, 0.1) is 0 Å². The maximum absolute atomic E-state index is 12.6. The van der Waals surface area contributed by atoms with Crippen LogP contribution in [0, 0.1) is 3.70 Å². The lowest BCUT2D eigenvalue weighted by Crippen LogP contribution is -2.08. The number of rotatable bonds is 1. The molecule has 0 aliphatic rings. The average molecular weight is 384 g/mol. The summed E-state index contributed by atoms with van der Waals surface area (Å²) in [7, 11) is 0. The Morgan fingerprint density at radius 1 is 1.00 bits per heavy atom. The summed E-state index contributed by atoms with van der Waals surface area (Å²) in [5.74, 6) is 0. The van der Waals surface area contributed by atoms with Crippen LogP contribution in [0.25, 0.3) is 11.1 Å². The van der Waals surface area contributed by atoms with Gasteiger partial charge in [0, 0.05) is 5.02 Å². The van der Waals surface area contributed by atoms with Crippen LogP contribution in [-0.2, 0) is 6.18 Å². The molecule has 0 aliphatic heterocycles. The third-order valence-electron chi connectivity index (χ3n) is 2.26. The van der Waals surface area contributed by atoms with E-state index in [1.165, 1.54) is 0 Å². The smallest absolute Gasteiger partial charge is 0.237 e. The first kappa shape index (κ1) is 13.6. The average Bonchev–Trinajstić information content (AvgIpc) is 2.28. The minimum absolute atomic E-state index is 0.298. The highest BCUT2D eigenvalue weighted by Crippen LogP contribution is 2.32. The zero-order valence-electron chi connectivity index (χ0n) is 8.80. The van der Waals surface area contributed by atoms with Crippen LogP contribution in [0.2, 0.25) is 5.02 Å². The third-order valence-corrected chi connectivity index (χ3v) is 3.07. The molecule has 0 amide bonds. The zero-order valence-corrected chi connectivity index (χ0v) is 11.7. The first-order valence-electron chi connectivity index (χ1n) is 4.87. The van der Waals surface area contributed by atoms with Gasteiger partial charge in [-0.1, -0.05) is 23.7 Å². The summed E-state index contributed by atoms with van der Waals surface area (Å²) >= 11 is 7.51. The highest BCUT2D eigenvalue weighted by Gasteiger charge is 2.33. The van der Waals surface area contributed by atoms with Gasteiger partial charge in [-0.05, 0) is 58.0 Å². The lowest BCUT2D eigenvalue weighted by Gasteiger charge is -2.09. The number of benzene rings is 1. The summed E-state index contributed by atoms with van der Waals surface area (Å²) in [6.45, 7) is 0. The Balaban J connectivity index is 2.52. The van der Waals surface area contributed by atoms with E-state index in [1.54, 1.807) is 52.9 Å². The molecule has 18 heavy (non-hydrogen) atoms. The van der Waals surface area contributed by atoms with E-state index in [9.17, 15) is 13.2 Å². The molecule has 0 fully saturated rings. The maximum Gasteiger partial charge on any atom is 0.433 e. The van der Waals surface area contributed by atoms with Crippen LogP contribution in [0.5, 0.6) is 0 Å². The topological polar surface area (TPSA) is 12.9 Å². The van der Waals surface area contributed by atoms with Crippen LogP contribution in [0.1, 0.15) is 5.69 Å². The molecule has 0 unspecified atom stereocenters. The molecule has 2 rings (SSSR count). The molecule has 0 saturated heterocycles. The van der Waals surface area contributed by atoms with Gasteiger partial charge in [0.25, 0.3) is 0 Å². The Morgan fingerprint density at radius 3 is 2.17 bits per heavy atom. The SMILES string of the molecule is FC(F)(F)c1cc(-c2ccc(Cl)cc2)cc(I)n1. The van der Waals surface area contributed by atoms with Gasteiger partial charge in [0.2, 0.25) is 0 Å². The van der Waals surface area contributed by atoms with Gasteiger partial charge in [-0.3, -0.25) is 0 Å². The molecular formula is C12H6ClF3IN. The van der Waals surface area contributed by atoms with Crippen LogP contribution in [-0.4, -0.2) is 4.98 Å². The number of alkyl halides is 3. The van der Waals surface area contributed by atoms with Gasteiger partial charge in [-0.2, -0.15) is 13.2 Å². The highest BCUT2D eigenvalue weighted by molar-refractivity contribution is 14.1. The van der Waals surface area contributed by atoms with Gasteiger partial charge in [0.1, 0.15) is 9.39 Å². The fraction of sp³-hybridized carbons (Fsp3) is 0.0833. The summed E-state index contributed by atoms with van der Waals surface area (Å²) in [5.41, 5.74) is 0.253. The molecule has 1 heterocycles. The number of hydrogen-bond donors (Lipinski definition) is 0. The Morgan fingerprint density at radius 2 is 1.61 bits per heavy atom. The van der Waals surface area contributed by atoms with Crippen molar-refractivity contribution in [1.82, 2.24) is 4.98 Å². The zero-order chi connectivity index (χ0) is 13.3. The number of pyridine rings is 1. The lowest BCUT2D eigenvalue weighted by atomic mass is 10.1. The van der Waals surface area contributed by atoms with Crippen molar-refractivity contribution in [3.8, 4) is 11.1 Å². The van der Waals surface area contributed by atoms with Crippen LogP contribution >= 0.6 is 34.2 Å². The van der Waals surface area contributed by atoms with Crippen molar-refractivity contribution >= 4 is 34.2 Å². The summed E-state index contributed by atoms with van der Waals surface area (Å²) in [4.78, 5) is 3.48. The summed E-state index contributed by atoms with van der Waals surface area (Å²) in [6, 6.07) is 9.25. The van der Waals surface area contributed by atoms with Crippen molar-refractivity contribution in [3.63, 3.8) is 0 Å². The normalized spacial score (nSPS) is 11.6. The Hall–Kier alpha value is -0.820. The van der Waals surface area contributed by atoms with Crippen molar-refractivity contribution in [1.29, 1.82) is 0 Å². The van der Waals surface area contributed by atoms with E-state index >= 15 is 0 Å². The number of aromatic nitrogens is 1. The molecule has 1 aromatic carbocycles. The number of nitrogens with zero attached hydrogens (tertiary/aromatic N) is 1. The van der Waals surface area contributed by atoms with E-state index in [4.69, 9.17) is 11.6 Å². The van der Waals surface area contributed by atoms with Crippen LogP contribution in [0.4, 0.5) is 13.2 Å². The molecule has 2 aromatic rings. The second-order valence-corrected chi connectivity index (χ2v) is 5.11. The van der Waals surface area contributed by atoms with E-state index in [0.29, 0.717) is 19.9 Å². The summed E-state index contributed by atoms with van der Waals surface area (Å²) < 4.78 is 38.2. The molecule has 0 atom stereocenters. The second-order valence-electron chi connectivity index (χ2n) is 3.57. The van der Waals surface area contributed by atoms with Crippen LogP contribution < -0.4 is 0 Å². The molecule has 0 radical (unpaired) electrons. The van der Waals surface area contributed by atoms with Gasteiger partial charge < -0.3 is 0 Å². The Bertz CT molecular complexity index is 567. The molecule has 0 bridgehead atoms. The third kappa shape index (κ3) is 3.14. The van der Waals surface area contributed by atoms with E-state index in [0.717, 1.165) is 6.07 Å². The number of halogens is 5. The molecule has 0 saturated carbocycles. The lowest BCUT2D eigenvalue weighted by molar-refractivity contribution is -0.141. The Kier molecular flexibility index (Phi) is 3.82. The van der Waals surface area contributed by atoms with E-state index < -0.39 is 11.9 Å². The first-order chi connectivity index (χ1) is 8.36. The number of hydrogen-bond acceptors (Lipinski definition) is 1. The van der Waals surface area contributed by atoms with Crippen molar-refractivity contribution < 1.29 is 13.2 Å². The van der Waals surface area contributed by atoms with Crippen LogP contribution in [0.15, 0.2) is 36.4 Å². The first-order valence-corrected chi connectivity index (χ1v) is 6.32. The summed E-state index contributed by atoms with van der Waals surface area (Å²) in [6.07, 6.45) is -4.44. The minimum Gasteiger partial charge on any atom is -0.237 e. The predicted octanol–water partition coefficient (Wildman–Crippen LogP) is 5.03. The molecule has 94 valence electrons. The van der Waals surface area contributed by atoms with Gasteiger partial charge in [-0.25, -0.2) is 4.98 Å². The van der Waals surface area contributed by atoms with E-state index in [1.807, 2.05) is 0 Å². The molecule has 0 N–H and O–H groups in total. The molecule has 0 spiro atoms. The largest absolute Gasteiger partial charge is 0.433 e. The molecule has 1 aromatic heterocycles. The van der Waals surface area contributed by atoms with Crippen molar-refractivity contribution in [2.24, 2.45) is 0 Å². The standard InChI is InChI=1S/C12H6ClF3IN/c13-9-3-1-7(2-4-9)8-5-10(12(14,15)16)18-11(17)6-8/h1-6H. The summed E-state index contributed by atoms with van der Waals surface area (Å²) in [5, 5.41) is 0.540. The fourth-order valence-electron chi connectivity index (χ4n) is 1.45. The van der Waals surface area contributed by atoms with E-state index in [-0.39, 0.29) is 0 Å². The fourth-order valence-corrected chi connectivity index (χ4v) is 2.17. The quantitative estimate of drug-likeness (QED) is 0.497. The maximum atomic E-state index is 12.6. The Labute approximate surface area is 120 Å². The predicted molar refractivity (Wildman–Crippen MR) is 72.4 cm³/mol. The molecule has 6 heteroatoms. The minimum atomic E-state index is -4.44. The van der Waals surface area contributed by atoms with E-state index in [2.05, 4.69) is 4.98 Å². The molecule has 1 nitrogen and oxygen atoms in total. The van der Waals surface area contributed by atoms with Gasteiger partial charge in [0.15, 0.2) is 0 Å². The second kappa shape index (κ2) is 5.05. The molecule has 0 aliphatic carbocycles. The monoisotopic (exact) mass is 383 g/mol. The van der Waals surface area contributed by atoms with Crippen molar-refractivity contribution in [3.05, 3.63) is 50.8 Å². The van der Waals surface area contributed by atoms with Gasteiger partial charge in [-0.15, -0.1) is 0 Å².